The van der Waals surface area contributed by atoms with E-state index in [2.05, 4.69) is 0 Å². The zero-order valence-electron chi connectivity index (χ0n) is 14.4. The minimum absolute atomic E-state index is 0.0588. The lowest BCUT2D eigenvalue weighted by Crippen LogP contribution is -2.59. The molecule has 2 aromatic rings. The van der Waals surface area contributed by atoms with Crippen LogP contribution in [0.5, 0.6) is 5.75 Å². The second kappa shape index (κ2) is 6.09. The fourth-order valence-electron chi connectivity index (χ4n) is 4.71. The van der Waals surface area contributed by atoms with Crippen LogP contribution in [0.25, 0.3) is 0 Å². The number of rotatable bonds is 3. The number of nitrogens with zero attached hydrogens (tertiary/aromatic N) is 1. The molecule has 5 heteroatoms. The van der Waals surface area contributed by atoms with Crippen molar-refractivity contribution in [3.63, 3.8) is 0 Å². The number of hydrogen-bond donors (Lipinski definition) is 0. The Morgan fingerprint density at radius 3 is 2.54 bits per heavy atom. The van der Waals surface area contributed by atoms with Crippen LogP contribution in [0.15, 0.2) is 66.2 Å². The van der Waals surface area contributed by atoms with Gasteiger partial charge in [0, 0.05) is 16.1 Å². The summed E-state index contributed by atoms with van der Waals surface area (Å²) in [4.78, 5) is 24.1. The van der Waals surface area contributed by atoms with Crippen molar-refractivity contribution >= 4 is 6.29 Å². The van der Waals surface area contributed by atoms with Gasteiger partial charge in [-0.2, -0.15) is 0 Å². The quantitative estimate of drug-likeness (QED) is 0.481. The lowest BCUT2D eigenvalue weighted by atomic mass is 9.58. The molecule has 0 aromatic heterocycles. The maximum atomic E-state index is 12.5. The molecule has 5 nitrogen and oxygen atoms in total. The van der Waals surface area contributed by atoms with Gasteiger partial charge in [0.2, 0.25) is 0 Å². The lowest BCUT2D eigenvalue weighted by Gasteiger charge is -2.47. The fourth-order valence-corrected chi connectivity index (χ4v) is 4.71. The molecule has 2 aliphatic rings. The Morgan fingerprint density at radius 1 is 1.15 bits per heavy atom. The average Bonchev–Trinajstić information content (AvgIpc) is 2.67. The highest BCUT2D eigenvalue weighted by molar-refractivity contribution is 5.78. The number of ether oxygens (including phenoxy) is 1. The molecule has 4 atom stereocenters. The first-order valence-electron chi connectivity index (χ1n) is 8.67. The second-order valence-corrected chi connectivity index (χ2v) is 7.04. The molecule has 0 N–H and O–H groups in total. The van der Waals surface area contributed by atoms with Crippen molar-refractivity contribution in [3.8, 4) is 5.75 Å². The van der Waals surface area contributed by atoms with Gasteiger partial charge < -0.3 is 4.74 Å². The van der Waals surface area contributed by atoms with Gasteiger partial charge in [-0.25, -0.2) is 0 Å². The van der Waals surface area contributed by atoms with E-state index >= 15 is 0 Å². The normalized spacial score (nSPS) is 29.6. The molecule has 0 spiro atoms. The standard InChI is InChI=1S/C21H19NO4/c1-14-11-16(12-23)20(15-7-3-2-4-8-15)21(22(24)25)13-26-18-10-6-5-9-17(18)19(14)21/h2-12,14,19-20H,13H2,1H3/t14-,19-,20+,21+/m0/s1. The predicted molar refractivity (Wildman–Crippen MR) is 96.9 cm³/mol. The molecule has 1 aliphatic heterocycles. The van der Waals surface area contributed by atoms with Crippen molar-refractivity contribution in [2.75, 3.05) is 6.61 Å². The van der Waals surface area contributed by atoms with Crippen LogP contribution in [0.3, 0.4) is 0 Å². The summed E-state index contributed by atoms with van der Waals surface area (Å²) in [5.41, 5.74) is 0.646. The molecule has 2 aromatic carbocycles. The monoisotopic (exact) mass is 349 g/mol. The van der Waals surface area contributed by atoms with E-state index in [1.807, 2.05) is 67.6 Å². The number of fused-ring (bicyclic) bond motifs is 3. The molecule has 1 aliphatic carbocycles. The number of carbonyl (C=O) groups excluding carboxylic acids is 1. The number of aldehydes is 1. The van der Waals surface area contributed by atoms with Gasteiger partial charge in [-0.3, -0.25) is 14.9 Å². The van der Waals surface area contributed by atoms with Crippen molar-refractivity contribution in [2.45, 2.75) is 24.3 Å². The highest BCUT2D eigenvalue weighted by Gasteiger charge is 2.64. The molecule has 132 valence electrons. The van der Waals surface area contributed by atoms with Crippen LogP contribution in [-0.2, 0) is 4.79 Å². The van der Waals surface area contributed by atoms with Crippen LogP contribution in [0.1, 0.15) is 29.9 Å². The van der Waals surface area contributed by atoms with E-state index in [-0.39, 0.29) is 23.4 Å². The first kappa shape index (κ1) is 16.5. The van der Waals surface area contributed by atoms with Gasteiger partial charge in [-0.15, -0.1) is 0 Å². The summed E-state index contributed by atoms with van der Waals surface area (Å²) in [6.07, 6.45) is 2.65. The molecule has 0 unspecified atom stereocenters. The number of hydrogen-bond acceptors (Lipinski definition) is 4. The van der Waals surface area contributed by atoms with Crippen LogP contribution in [0, 0.1) is 16.0 Å². The summed E-state index contributed by atoms with van der Waals surface area (Å²) in [6, 6.07) is 16.7. The van der Waals surface area contributed by atoms with Crippen molar-refractivity contribution in [2.24, 2.45) is 5.92 Å². The average molecular weight is 349 g/mol. The number of para-hydroxylation sites is 1. The molecule has 0 fully saturated rings. The van der Waals surface area contributed by atoms with Crippen molar-refractivity contribution in [3.05, 3.63) is 87.5 Å². The molecule has 0 amide bonds. The Bertz CT molecular complexity index is 892. The Kier molecular flexibility index (Phi) is 3.87. The lowest BCUT2D eigenvalue weighted by molar-refractivity contribution is -0.584. The molecule has 0 saturated carbocycles. The first-order chi connectivity index (χ1) is 12.6. The molecule has 0 bridgehead atoms. The van der Waals surface area contributed by atoms with Gasteiger partial charge >= 0.3 is 0 Å². The summed E-state index contributed by atoms with van der Waals surface area (Å²) in [6.45, 7) is 1.88. The summed E-state index contributed by atoms with van der Waals surface area (Å²) in [7, 11) is 0. The van der Waals surface area contributed by atoms with E-state index in [4.69, 9.17) is 4.74 Å². The smallest absolute Gasteiger partial charge is 0.273 e. The molecular formula is C21H19NO4. The Hall–Kier alpha value is -2.95. The second-order valence-electron chi connectivity index (χ2n) is 7.04. The minimum atomic E-state index is -1.42. The van der Waals surface area contributed by atoms with Crippen molar-refractivity contribution in [1.29, 1.82) is 0 Å². The number of carbonyl (C=O) groups is 1. The highest BCUT2D eigenvalue weighted by atomic mass is 16.6. The largest absolute Gasteiger partial charge is 0.486 e. The highest BCUT2D eigenvalue weighted by Crippen LogP contribution is 2.56. The summed E-state index contributed by atoms with van der Waals surface area (Å²) < 4.78 is 5.87. The van der Waals surface area contributed by atoms with Gasteiger partial charge in [-0.05, 0) is 17.5 Å². The topological polar surface area (TPSA) is 69.4 Å². The maximum Gasteiger partial charge on any atom is 0.273 e. The maximum absolute atomic E-state index is 12.5. The van der Waals surface area contributed by atoms with Crippen molar-refractivity contribution < 1.29 is 14.5 Å². The van der Waals surface area contributed by atoms with Gasteiger partial charge in [0.1, 0.15) is 12.0 Å². The van der Waals surface area contributed by atoms with E-state index in [9.17, 15) is 14.9 Å². The van der Waals surface area contributed by atoms with Gasteiger partial charge in [0.15, 0.2) is 6.61 Å². The van der Waals surface area contributed by atoms with E-state index in [0.717, 1.165) is 17.4 Å². The molecule has 0 saturated heterocycles. The Balaban J connectivity index is 2.01. The van der Waals surface area contributed by atoms with E-state index in [1.165, 1.54) is 0 Å². The van der Waals surface area contributed by atoms with Crippen molar-refractivity contribution in [1.82, 2.24) is 0 Å². The van der Waals surface area contributed by atoms with Crippen LogP contribution < -0.4 is 4.74 Å². The van der Waals surface area contributed by atoms with E-state index in [1.54, 1.807) is 0 Å². The molecule has 4 rings (SSSR count). The van der Waals surface area contributed by atoms with Gasteiger partial charge in [0.05, 0.1) is 11.8 Å². The number of allylic oxidation sites excluding steroid dienone is 1. The van der Waals surface area contributed by atoms with Gasteiger partial charge in [0.25, 0.3) is 5.54 Å². The SMILES string of the molecule is C[C@H]1C=C(C=O)[C@@H](c2ccccc2)[C@@]2([N+](=O)[O-])COc3ccccc3[C@H]12. The molecule has 0 radical (unpaired) electrons. The third-order valence-electron chi connectivity index (χ3n) is 5.67. The zero-order valence-corrected chi connectivity index (χ0v) is 14.4. The summed E-state index contributed by atoms with van der Waals surface area (Å²) >= 11 is 0. The number of nitro groups is 1. The molecule has 1 heterocycles. The molecule has 26 heavy (non-hydrogen) atoms. The number of benzene rings is 2. The van der Waals surface area contributed by atoms with E-state index in [0.29, 0.717) is 11.3 Å². The van der Waals surface area contributed by atoms with Crippen LogP contribution in [0.2, 0.25) is 0 Å². The first-order valence-corrected chi connectivity index (χ1v) is 8.67. The van der Waals surface area contributed by atoms with Crippen LogP contribution >= 0.6 is 0 Å². The fraction of sp³-hybridized carbons (Fsp3) is 0.286. The third-order valence-corrected chi connectivity index (χ3v) is 5.67. The van der Waals surface area contributed by atoms with Crippen LogP contribution in [0.4, 0.5) is 0 Å². The summed E-state index contributed by atoms with van der Waals surface area (Å²) in [5, 5.41) is 12.5. The minimum Gasteiger partial charge on any atom is -0.486 e. The van der Waals surface area contributed by atoms with Crippen LogP contribution in [-0.4, -0.2) is 23.4 Å². The summed E-state index contributed by atoms with van der Waals surface area (Å²) in [5.74, 6) is -0.468. The van der Waals surface area contributed by atoms with Gasteiger partial charge in [-0.1, -0.05) is 61.5 Å². The predicted octanol–water partition coefficient (Wildman–Crippen LogP) is 3.74. The molecular weight excluding hydrogens is 330 g/mol. The Labute approximate surface area is 151 Å². The third kappa shape index (κ3) is 2.20. The van der Waals surface area contributed by atoms with E-state index < -0.39 is 11.5 Å². The Morgan fingerprint density at radius 2 is 1.85 bits per heavy atom. The zero-order chi connectivity index (χ0) is 18.3.